The number of hydrogen-bond donors (Lipinski definition) is 3. The summed E-state index contributed by atoms with van der Waals surface area (Å²) in [5, 5.41) is 19.7. The minimum atomic E-state index is -1.54. The van der Waals surface area contributed by atoms with Gasteiger partial charge in [0.05, 0.1) is 37.7 Å². The molecular weight excluding hydrogens is 438 g/mol. The first-order chi connectivity index (χ1) is 11.8. The maximum atomic E-state index is 9.42. The van der Waals surface area contributed by atoms with Crippen LogP contribution in [0.15, 0.2) is 32.8 Å². The van der Waals surface area contributed by atoms with E-state index in [1.165, 1.54) is 14.2 Å². The van der Waals surface area contributed by atoms with Crippen LogP contribution >= 0.6 is 22.6 Å². The summed E-state index contributed by atoms with van der Waals surface area (Å²) in [5.74, 6) is 0.579. The van der Waals surface area contributed by atoms with Crippen molar-refractivity contribution in [2.75, 3.05) is 14.2 Å². The molecule has 1 unspecified atom stereocenters. The Kier molecular flexibility index (Phi) is 6.30. The highest BCUT2D eigenvalue weighted by atomic mass is 127. The molecule has 0 aromatic carbocycles. The monoisotopic (exact) mass is 458 g/mol. The Hall–Kier alpha value is -1.79. The number of nitrogens with zero attached hydrogens (tertiary/aromatic N) is 3. The Balaban J connectivity index is 2.42. The summed E-state index contributed by atoms with van der Waals surface area (Å²) in [4.78, 5) is 8.93. The fourth-order valence-electron chi connectivity index (χ4n) is 2.38. The third-order valence-corrected chi connectivity index (χ3v) is 4.80. The molecule has 0 saturated heterocycles. The van der Waals surface area contributed by atoms with E-state index in [-0.39, 0.29) is 11.9 Å². The van der Waals surface area contributed by atoms with Crippen molar-refractivity contribution < 1.29 is 19.5 Å². The number of halogens is 1. The Bertz CT molecular complexity index is 834. The standard InChI is InChI=1S/C15H20BIN4O4/c1-8(20-15(25-4)13(17)14(18)24-3)10-5-9-6-12(16(22)23)21(2)11(9)7-19-10/h5-8,22-23H,18H2,1-4H3/b14-13-,20-15+. The minimum absolute atomic E-state index is 0.224. The zero-order valence-corrected chi connectivity index (χ0v) is 16.6. The normalized spacial score (nSPS) is 14.3. The van der Waals surface area contributed by atoms with Gasteiger partial charge < -0.3 is 29.8 Å². The Morgan fingerprint density at radius 2 is 2.04 bits per heavy atom. The van der Waals surface area contributed by atoms with Gasteiger partial charge in [-0.25, -0.2) is 4.99 Å². The van der Waals surface area contributed by atoms with E-state index in [0.29, 0.717) is 20.8 Å². The first kappa shape index (κ1) is 19.5. The summed E-state index contributed by atoms with van der Waals surface area (Å²) in [6.07, 6.45) is 1.68. The zero-order valence-electron chi connectivity index (χ0n) is 14.4. The van der Waals surface area contributed by atoms with E-state index in [9.17, 15) is 10.0 Å². The Labute approximate surface area is 159 Å². The number of aromatic nitrogens is 2. The molecule has 10 heteroatoms. The first-order valence-corrected chi connectivity index (χ1v) is 8.50. The van der Waals surface area contributed by atoms with Crippen LogP contribution < -0.4 is 11.3 Å². The van der Waals surface area contributed by atoms with Gasteiger partial charge in [0.2, 0.25) is 11.8 Å². The average Bonchev–Trinajstić information content (AvgIpc) is 2.94. The van der Waals surface area contributed by atoms with Crippen molar-refractivity contribution in [1.82, 2.24) is 9.55 Å². The van der Waals surface area contributed by atoms with Crippen LogP contribution in [0, 0.1) is 0 Å². The molecule has 0 fully saturated rings. The highest BCUT2D eigenvalue weighted by Gasteiger charge is 2.19. The van der Waals surface area contributed by atoms with Crippen molar-refractivity contribution in [3.8, 4) is 0 Å². The van der Waals surface area contributed by atoms with Crippen LogP contribution in [0.3, 0.4) is 0 Å². The van der Waals surface area contributed by atoms with E-state index in [1.807, 2.05) is 35.6 Å². The average molecular weight is 458 g/mol. The van der Waals surface area contributed by atoms with E-state index < -0.39 is 7.12 Å². The smallest absolute Gasteiger partial charge is 0.482 e. The summed E-state index contributed by atoms with van der Waals surface area (Å²) in [5.41, 5.74) is 7.66. The van der Waals surface area contributed by atoms with Gasteiger partial charge >= 0.3 is 7.12 Å². The molecule has 0 radical (unpaired) electrons. The van der Waals surface area contributed by atoms with E-state index >= 15 is 0 Å². The summed E-state index contributed by atoms with van der Waals surface area (Å²) in [6.45, 7) is 1.88. The molecule has 0 aliphatic heterocycles. The molecule has 25 heavy (non-hydrogen) atoms. The third-order valence-electron chi connectivity index (χ3n) is 3.81. The van der Waals surface area contributed by atoms with Crippen molar-refractivity contribution in [2.24, 2.45) is 17.8 Å². The van der Waals surface area contributed by atoms with Gasteiger partial charge in [-0.3, -0.25) is 4.98 Å². The summed E-state index contributed by atoms with van der Waals surface area (Å²) >= 11 is 2.01. The fraction of sp³-hybridized carbons (Fsp3) is 0.333. The fourth-order valence-corrected chi connectivity index (χ4v) is 2.96. The van der Waals surface area contributed by atoms with Crippen molar-refractivity contribution in [3.05, 3.63) is 33.5 Å². The molecule has 0 aliphatic rings. The van der Waals surface area contributed by atoms with Crippen molar-refractivity contribution in [2.45, 2.75) is 13.0 Å². The molecule has 0 bridgehead atoms. The van der Waals surface area contributed by atoms with Crippen LogP contribution in [0.1, 0.15) is 18.7 Å². The van der Waals surface area contributed by atoms with Crippen molar-refractivity contribution >= 4 is 52.1 Å². The lowest BCUT2D eigenvalue weighted by Gasteiger charge is -2.11. The summed E-state index contributed by atoms with van der Waals surface area (Å²) in [6, 6.07) is 3.28. The molecule has 1 atom stereocenters. The molecular formula is C15H20BIN4O4. The maximum Gasteiger partial charge on any atom is 0.505 e. The van der Waals surface area contributed by atoms with Gasteiger partial charge in [-0.05, 0) is 41.6 Å². The number of methoxy groups -OCH3 is 2. The molecule has 2 rings (SSSR count). The summed E-state index contributed by atoms with van der Waals surface area (Å²) < 4.78 is 12.6. The lowest BCUT2D eigenvalue weighted by Crippen LogP contribution is -2.34. The van der Waals surface area contributed by atoms with E-state index in [1.54, 1.807) is 23.9 Å². The van der Waals surface area contributed by atoms with E-state index in [2.05, 4.69) is 9.98 Å². The van der Waals surface area contributed by atoms with Gasteiger partial charge in [0, 0.05) is 18.0 Å². The van der Waals surface area contributed by atoms with Crippen LogP contribution in [-0.2, 0) is 16.5 Å². The lowest BCUT2D eigenvalue weighted by molar-refractivity contribution is 0.285. The second-order valence-corrected chi connectivity index (χ2v) is 6.45. The van der Waals surface area contributed by atoms with Gasteiger partial charge in [-0.15, -0.1) is 0 Å². The first-order valence-electron chi connectivity index (χ1n) is 7.42. The highest BCUT2D eigenvalue weighted by molar-refractivity contribution is 14.1. The number of aliphatic imine (C=N–C) groups is 1. The maximum absolute atomic E-state index is 9.42. The number of aryl methyl sites for hydroxylation is 1. The van der Waals surface area contributed by atoms with Gasteiger partial charge in [-0.2, -0.15) is 0 Å². The Morgan fingerprint density at radius 1 is 1.36 bits per heavy atom. The van der Waals surface area contributed by atoms with Crippen molar-refractivity contribution in [1.29, 1.82) is 0 Å². The van der Waals surface area contributed by atoms with E-state index in [4.69, 9.17) is 15.2 Å². The number of pyridine rings is 1. The van der Waals surface area contributed by atoms with Crippen LogP contribution in [-0.4, -0.2) is 46.8 Å². The van der Waals surface area contributed by atoms with Gasteiger partial charge in [-0.1, -0.05) is 0 Å². The lowest BCUT2D eigenvalue weighted by atomic mass is 9.86. The van der Waals surface area contributed by atoms with Crippen LogP contribution in [0.2, 0.25) is 0 Å². The molecule has 0 spiro atoms. The molecule has 8 nitrogen and oxygen atoms in total. The van der Waals surface area contributed by atoms with Crippen LogP contribution in [0.25, 0.3) is 10.9 Å². The SMILES string of the molecule is CO/C(N)=C(I)/C(=N\C(C)c1cc2cc(B(O)O)n(C)c2cn1)OC. The van der Waals surface area contributed by atoms with Crippen molar-refractivity contribution in [3.63, 3.8) is 0 Å². The summed E-state index contributed by atoms with van der Waals surface area (Å²) in [7, 11) is 3.20. The number of ether oxygens (including phenoxy) is 2. The van der Waals surface area contributed by atoms with Gasteiger partial charge in [0.15, 0.2) is 0 Å². The predicted octanol–water partition coefficient (Wildman–Crippen LogP) is 0.568. The zero-order chi connectivity index (χ0) is 18.7. The largest absolute Gasteiger partial charge is 0.505 e. The number of nitrogens with two attached hydrogens (primary N) is 1. The Morgan fingerprint density at radius 3 is 2.60 bits per heavy atom. The van der Waals surface area contributed by atoms with Gasteiger partial charge in [0.25, 0.3) is 0 Å². The molecule has 4 N–H and O–H groups in total. The van der Waals surface area contributed by atoms with Gasteiger partial charge in [0.1, 0.15) is 3.58 Å². The van der Waals surface area contributed by atoms with Crippen LogP contribution in [0.4, 0.5) is 0 Å². The molecule has 2 aromatic rings. The van der Waals surface area contributed by atoms with E-state index in [0.717, 1.165) is 10.9 Å². The topological polar surface area (TPSA) is 115 Å². The van der Waals surface area contributed by atoms with Crippen LogP contribution in [0.5, 0.6) is 0 Å². The minimum Gasteiger partial charge on any atom is -0.482 e. The highest BCUT2D eigenvalue weighted by Crippen LogP contribution is 2.23. The predicted molar refractivity (Wildman–Crippen MR) is 106 cm³/mol. The molecule has 2 heterocycles. The third kappa shape index (κ3) is 4.07. The second-order valence-electron chi connectivity index (χ2n) is 5.37. The molecule has 0 aliphatic carbocycles. The second kappa shape index (κ2) is 8.06. The molecule has 0 saturated carbocycles. The number of fused-ring (bicyclic) bond motifs is 1. The molecule has 2 aromatic heterocycles. The quantitative estimate of drug-likeness (QED) is 0.199. The molecule has 0 amide bonds. The molecule has 134 valence electrons. The number of hydrogen-bond acceptors (Lipinski definition) is 7. The number of rotatable bonds is 5.